The summed E-state index contributed by atoms with van der Waals surface area (Å²) < 4.78 is 52.4. The first-order valence-corrected chi connectivity index (χ1v) is 11.1. The first-order chi connectivity index (χ1) is 17.6. The molecule has 37 heavy (non-hydrogen) atoms. The first-order valence-electron chi connectivity index (χ1n) is 10.7. The Hall–Kier alpha value is -4.39. The fourth-order valence-corrected chi connectivity index (χ4v) is 3.96. The topological polar surface area (TPSA) is 102 Å². The van der Waals surface area contributed by atoms with Crippen LogP contribution in [0.15, 0.2) is 52.4 Å². The third kappa shape index (κ3) is 4.72. The first kappa shape index (κ1) is 24.3. The van der Waals surface area contributed by atoms with Gasteiger partial charge in [-0.3, -0.25) is 23.3 Å². The van der Waals surface area contributed by atoms with Crippen LogP contribution in [0.1, 0.15) is 11.4 Å². The highest BCUT2D eigenvalue weighted by Gasteiger charge is 2.19. The van der Waals surface area contributed by atoms with Crippen molar-refractivity contribution in [1.82, 2.24) is 33.7 Å². The van der Waals surface area contributed by atoms with Gasteiger partial charge in [-0.15, -0.1) is 0 Å². The summed E-state index contributed by atoms with van der Waals surface area (Å²) in [6.45, 7) is -0.874. The van der Waals surface area contributed by atoms with Crippen LogP contribution >= 0.6 is 11.6 Å². The maximum Gasteiger partial charge on any atom is 0.334 e. The Morgan fingerprint density at radius 2 is 1.65 bits per heavy atom. The van der Waals surface area contributed by atoms with Gasteiger partial charge < -0.3 is 4.74 Å². The molecule has 5 rings (SSSR count). The zero-order chi connectivity index (χ0) is 26.4. The van der Waals surface area contributed by atoms with Gasteiger partial charge in [0, 0.05) is 37.3 Å². The lowest BCUT2D eigenvalue weighted by Gasteiger charge is -2.16. The van der Waals surface area contributed by atoms with E-state index in [4.69, 9.17) is 16.3 Å². The van der Waals surface area contributed by atoms with Crippen LogP contribution in [0.5, 0.6) is 11.6 Å². The molecule has 2 aromatic carbocycles. The highest BCUT2D eigenvalue weighted by Crippen LogP contribution is 2.32. The largest absolute Gasteiger partial charge is 0.439 e. The van der Waals surface area contributed by atoms with Gasteiger partial charge in [-0.25, -0.2) is 22.9 Å². The second-order valence-electron chi connectivity index (χ2n) is 8.21. The van der Waals surface area contributed by atoms with E-state index in [1.807, 2.05) is 0 Å². The van der Waals surface area contributed by atoms with E-state index in [-0.39, 0.29) is 34.6 Å². The lowest BCUT2D eigenvalue weighted by molar-refractivity contribution is 0.408. The predicted molar refractivity (Wildman–Crippen MR) is 126 cm³/mol. The minimum atomic E-state index is -1.38. The van der Waals surface area contributed by atoms with Crippen LogP contribution in [0.3, 0.4) is 0 Å². The number of fused-ring (bicyclic) bond motifs is 1. The third-order valence-electron chi connectivity index (χ3n) is 5.49. The smallest absolute Gasteiger partial charge is 0.334 e. The van der Waals surface area contributed by atoms with Crippen molar-refractivity contribution >= 4 is 22.5 Å². The van der Waals surface area contributed by atoms with Crippen LogP contribution < -0.4 is 16.0 Å². The van der Waals surface area contributed by atoms with Gasteiger partial charge in [0.1, 0.15) is 17.9 Å². The lowest BCUT2D eigenvalue weighted by Crippen LogP contribution is -2.40. The van der Waals surface area contributed by atoms with Gasteiger partial charge in [0.15, 0.2) is 17.5 Å². The highest BCUT2D eigenvalue weighted by molar-refractivity contribution is 6.32. The van der Waals surface area contributed by atoms with Crippen LogP contribution in [0.2, 0.25) is 5.02 Å². The Balaban J connectivity index is 1.64. The van der Waals surface area contributed by atoms with Gasteiger partial charge in [-0.2, -0.15) is 10.2 Å². The highest BCUT2D eigenvalue weighted by atomic mass is 35.5. The summed E-state index contributed by atoms with van der Waals surface area (Å²) in [5.41, 5.74) is -1.44. The molecule has 0 spiro atoms. The van der Waals surface area contributed by atoms with Crippen molar-refractivity contribution in [1.29, 1.82) is 0 Å². The Bertz CT molecular complexity index is 1790. The summed E-state index contributed by atoms with van der Waals surface area (Å²) in [5.74, 6) is -3.81. The van der Waals surface area contributed by atoms with E-state index in [2.05, 4.69) is 15.2 Å². The molecular weight excluding hydrogens is 515 g/mol. The zero-order valence-corrected chi connectivity index (χ0v) is 20.1. The van der Waals surface area contributed by atoms with E-state index in [0.717, 1.165) is 15.2 Å². The van der Waals surface area contributed by atoms with Crippen LogP contribution in [-0.2, 0) is 27.2 Å². The van der Waals surface area contributed by atoms with Crippen LogP contribution in [-0.4, -0.2) is 33.7 Å². The van der Waals surface area contributed by atoms with Crippen LogP contribution in [0.25, 0.3) is 10.9 Å². The number of nitrogens with zero attached hydrogens (tertiary/aromatic N) is 7. The number of benzene rings is 2. The second-order valence-corrected chi connectivity index (χ2v) is 8.62. The minimum Gasteiger partial charge on any atom is -0.439 e. The summed E-state index contributed by atoms with van der Waals surface area (Å²) in [5, 5.41) is 9.10. The van der Waals surface area contributed by atoms with Gasteiger partial charge in [0.05, 0.1) is 29.7 Å². The molecule has 0 aliphatic rings. The van der Waals surface area contributed by atoms with Crippen molar-refractivity contribution in [3.63, 3.8) is 0 Å². The molecular formula is C23H17ClF3N7O3. The van der Waals surface area contributed by atoms with E-state index >= 15 is 0 Å². The van der Waals surface area contributed by atoms with E-state index in [1.165, 1.54) is 17.1 Å². The molecule has 0 aliphatic carbocycles. The van der Waals surface area contributed by atoms with Crippen molar-refractivity contribution in [2.45, 2.75) is 13.1 Å². The van der Waals surface area contributed by atoms with Crippen molar-refractivity contribution in [3.8, 4) is 11.6 Å². The molecule has 0 radical (unpaired) electrons. The Kier molecular flexibility index (Phi) is 6.07. The van der Waals surface area contributed by atoms with E-state index in [0.29, 0.717) is 23.0 Å². The molecule has 10 nitrogen and oxygen atoms in total. The Morgan fingerprint density at radius 1 is 0.892 bits per heavy atom. The summed E-state index contributed by atoms with van der Waals surface area (Å²) in [7, 11) is 3.34. The number of halogens is 4. The zero-order valence-electron chi connectivity index (χ0n) is 19.3. The maximum atomic E-state index is 14.5. The van der Waals surface area contributed by atoms with Gasteiger partial charge in [0.25, 0.3) is 5.56 Å². The van der Waals surface area contributed by atoms with Gasteiger partial charge >= 0.3 is 5.69 Å². The quantitative estimate of drug-likeness (QED) is 0.312. The molecule has 0 fully saturated rings. The molecule has 0 N–H and O–H groups in total. The summed E-state index contributed by atoms with van der Waals surface area (Å²) in [4.78, 5) is 30.3. The average molecular weight is 532 g/mol. The summed E-state index contributed by atoms with van der Waals surface area (Å²) in [6.07, 6.45) is 3.10. The molecule has 3 heterocycles. The van der Waals surface area contributed by atoms with Gasteiger partial charge in [-0.1, -0.05) is 11.6 Å². The molecule has 190 valence electrons. The van der Waals surface area contributed by atoms with Crippen LogP contribution in [0, 0.1) is 17.5 Å². The number of hydrogen-bond donors (Lipinski definition) is 0. The standard InChI is InChI=1S/C23H17ClF3N7O3/c1-31-8-13-4-19(14(24)5-18(13)29-31)37-22-7-21(35)33(10-20-28-11-32(2)30-20)23(36)34(22)9-12-3-16(26)17(27)6-15(12)25/h3-8,11H,9-10H2,1-2H3. The molecule has 0 aliphatic heterocycles. The van der Waals surface area contributed by atoms with E-state index in [9.17, 15) is 22.8 Å². The number of hydrogen-bond acceptors (Lipinski definition) is 6. The van der Waals surface area contributed by atoms with Gasteiger partial charge in [-0.05, 0) is 18.2 Å². The monoisotopic (exact) mass is 531 g/mol. The molecule has 14 heteroatoms. The fraction of sp³-hybridized carbons (Fsp3) is 0.174. The third-order valence-corrected chi connectivity index (χ3v) is 5.79. The molecule has 0 bridgehead atoms. The number of ether oxygens (including phenoxy) is 1. The molecule has 0 amide bonds. The molecule has 5 aromatic rings. The molecule has 0 unspecified atom stereocenters. The predicted octanol–water partition coefficient (Wildman–Crippen LogP) is 2.98. The number of aryl methyl sites for hydroxylation is 2. The van der Waals surface area contributed by atoms with Crippen molar-refractivity contribution in [3.05, 3.63) is 97.6 Å². The summed E-state index contributed by atoms with van der Waals surface area (Å²) >= 11 is 6.34. The Labute approximate surface area is 210 Å². The van der Waals surface area contributed by atoms with Crippen LogP contribution in [0.4, 0.5) is 13.2 Å². The SMILES string of the molecule is Cn1cnc(Cn2c(=O)cc(Oc3cc4cn(C)nc4cc3Cl)n(Cc3cc(F)c(F)cc3F)c2=O)n1. The minimum absolute atomic E-state index is 0.0876. The molecule has 0 atom stereocenters. The fourth-order valence-electron chi connectivity index (χ4n) is 3.76. The normalized spacial score (nSPS) is 11.4. The second kappa shape index (κ2) is 9.24. The van der Waals surface area contributed by atoms with E-state index in [1.54, 1.807) is 31.0 Å². The van der Waals surface area contributed by atoms with Crippen molar-refractivity contribution < 1.29 is 17.9 Å². The van der Waals surface area contributed by atoms with Gasteiger partial charge in [0.2, 0.25) is 5.88 Å². The number of aromatic nitrogens is 7. The molecule has 3 aromatic heterocycles. The maximum absolute atomic E-state index is 14.5. The lowest BCUT2D eigenvalue weighted by atomic mass is 10.2. The van der Waals surface area contributed by atoms with E-state index < -0.39 is 35.2 Å². The molecule has 0 saturated heterocycles. The summed E-state index contributed by atoms with van der Waals surface area (Å²) in [6, 6.07) is 5.10. The number of rotatable bonds is 6. The van der Waals surface area contributed by atoms with Crippen molar-refractivity contribution in [2.24, 2.45) is 14.1 Å². The Morgan fingerprint density at radius 3 is 2.38 bits per heavy atom. The molecule has 0 saturated carbocycles. The average Bonchev–Trinajstić information content (AvgIpc) is 3.40. The van der Waals surface area contributed by atoms with Crippen molar-refractivity contribution in [2.75, 3.05) is 0 Å².